The zero-order valence-corrected chi connectivity index (χ0v) is 13.8. The highest BCUT2D eigenvalue weighted by atomic mass is 19.4. The van der Waals surface area contributed by atoms with Gasteiger partial charge in [-0.2, -0.15) is 13.2 Å². The predicted octanol–water partition coefficient (Wildman–Crippen LogP) is 1.72. The largest absolute Gasteiger partial charge is 0.416 e. The Kier molecular flexibility index (Phi) is 4.57. The Hall–Kier alpha value is -2.68. The standard InChI is InChI=1S/C17H16F3N3O3/c1-9-21-13-8-23(7-6-12(13)15(25)22-9)16(26)14(24)10-2-4-11(5-3-10)17(18,19)20/h2-5,14,24H,6-8H2,1H3,(H,21,22,25). The molecule has 2 heterocycles. The van der Waals surface area contributed by atoms with Crippen molar-refractivity contribution in [3.63, 3.8) is 0 Å². The number of aromatic amines is 1. The Bertz CT molecular complexity index is 891. The number of carbonyl (C=O) groups is 1. The number of nitrogens with zero attached hydrogens (tertiary/aromatic N) is 2. The van der Waals surface area contributed by atoms with Gasteiger partial charge < -0.3 is 15.0 Å². The third kappa shape index (κ3) is 3.48. The molecule has 0 saturated heterocycles. The van der Waals surface area contributed by atoms with Gasteiger partial charge in [-0.15, -0.1) is 0 Å². The molecule has 1 unspecified atom stereocenters. The van der Waals surface area contributed by atoms with Crippen molar-refractivity contribution < 1.29 is 23.1 Å². The van der Waals surface area contributed by atoms with Gasteiger partial charge in [0.05, 0.1) is 17.8 Å². The van der Waals surface area contributed by atoms with Crippen LogP contribution >= 0.6 is 0 Å². The minimum Gasteiger partial charge on any atom is -0.378 e. The van der Waals surface area contributed by atoms with Crippen LogP contribution in [-0.4, -0.2) is 32.4 Å². The highest BCUT2D eigenvalue weighted by Crippen LogP contribution is 2.30. The van der Waals surface area contributed by atoms with Crippen LogP contribution in [-0.2, 0) is 23.9 Å². The molecule has 2 aromatic rings. The van der Waals surface area contributed by atoms with Crippen LogP contribution in [0.3, 0.4) is 0 Å². The number of hydrogen-bond acceptors (Lipinski definition) is 4. The highest BCUT2D eigenvalue weighted by molar-refractivity contribution is 5.82. The lowest BCUT2D eigenvalue weighted by Crippen LogP contribution is -2.41. The second-order valence-corrected chi connectivity index (χ2v) is 6.11. The van der Waals surface area contributed by atoms with E-state index in [0.717, 1.165) is 24.3 Å². The van der Waals surface area contributed by atoms with Gasteiger partial charge in [0.1, 0.15) is 5.82 Å². The SMILES string of the molecule is Cc1nc2c(c(=O)[nH]1)CCN(C(=O)C(O)c1ccc(C(F)(F)F)cc1)C2. The summed E-state index contributed by atoms with van der Waals surface area (Å²) in [6.45, 7) is 1.91. The monoisotopic (exact) mass is 367 g/mol. The first kappa shape index (κ1) is 18.1. The fourth-order valence-corrected chi connectivity index (χ4v) is 2.92. The van der Waals surface area contributed by atoms with Gasteiger partial charge in [0, 0.05) is 12.1 Å². The maximum Gasteiger partial charge on any atom is 0.416 e. The van der Waals surface area contributed by atoms with Crippen LogP contribution in [0.4, 0.5) is 13.2 Å². The van der Waals surface area contributed by atoms with Crippen molar-refractivity contribution in [3.05, 3.63) is 62.8 Å². The number of carbonyl (C=O) groups excluding carboxylic acids is 1. The quantitative estimate of drug-likeness (QED) is 0.846. The van der Waals surface area contributed by atoms with E-state index in [2.05, 4.69) is 9.97 Å². The molecule has 9 heteroatoms. The minimum absolute atomic E-state index is 0.0661. The Morgan fingerprint density at radius 3 is 2.58 bits per heavy atom. The molecule has 138 valence electrons. The summed E-state index contributed by atoms with van der Waals surface area (Å²) < 4.78 is 37.8. The summed E-state index contributed by atoms with van der Waals surface area (Å²) in [7, 11) is 0. The lowest BCUT2D eigenvalue weighted by molar-refractivity contribution is -0.141. The molecule has 1 aliphatic rings. The normalized spacial score (nSPS) is 15.5. The van der Waals surface area contributed by atoms with Gasteiger partial charge >= 0.3 is 6.18 Å². The van der Waals surface area contributed by atoms with Gasteiger partial charge in [0.15, 0.2) is 6.10 Å². The van der Waals surface area contributed by atoms with Crippen LogP contribution in [0, 0.1) is 6.92 Å². The molecule has 2 N–H and O–H groups in total. The Morgan fingerprint density at radius 1 is 1.31 bits per heavy atom. The van der Waals surface area contributed by atoms with E-state index in [1.165, 1.54) is 4.90 Å². The number of rotatable bonds is 2. The molecule has 0 aliphatic carbocycles. The van der Waals surface area contributed by atoms with Crippen LogP contribution in [0.25, 0.3) is 0 Å². The van der Waals surface area contributed by atoms with Crippen LogP contribution in [0.1, 0.15) is 34.3 Å². The van der Waals surface area contributed by atoms with Crippen LogP contribution in [0.15, 0.2) is 29.1 Å². The Balaban J connectivity index is 1.78. The molecule has 0 spiro atoms. The molecular formula is C17H16F3N3O3. The Labute approximate surface area is 146 Å². The molecule has 0 bridgehead atoms. The number of H-pyrrole nitrogens is 1. The van der Waals surface area contributed by atoms with Crippen LogP contribution < -0.4 is 5.56 Å². The fourth-order valence-electron chi connectivity index (χ4n) is 2.92. The van der Waals surface area contributed by atoms with Gasteiger partial charge in [-0.25, -0.2) is 4.98 Å². The Morgan fingerprint density at radius 2 is 1.96 bits per heavy atom. The number of halogens is 3. The number of nitrogens with one attached hydrogen (secondary N) is 1. The molecule has 0 fully saturated rings. The van der Waals surface area contributed by atoms with E-state index in [1.807, 2.05) is 0 Å². The van der Waals surface area contributed by atoms with E-state index in [9.17, 15) is 27.9 Å². The summed E-state index contributed by atoms with van der Waals surface area (Å²) in [5, 5.41) is 10.2. The van der Waals surface area contributed by atoms with Crippen LogP contribution in [0.5, 0.6) is 0 Å². The maximum absolute atomic E-state index is 12.6. The molecule has 0 radical (unpaired) electrons. The summed E-state index contributed by atoms with van der Waals surface area (Å²) in [6.07, 6.45) is -5.77. The summed E-state index contributed by atoms with van der Waals surface area (Å²) in [5.74, 6) is -0.221. The molecule has 1 amide bonds. The number of hydrogen-bond donors (Lipinski definition) is 2. The zero-order chi connectivity index (χ0) is 19.1. The average Bonchev–Trinajstić information content (AvgIpc) is 2.59. The van der Waals surface area contributed by atoms with Crippen molar-refractivity contribution in [2.75, 3.05) is 6.54 Å². The molecule has 1 aliphatic heterocycles. The first-order valence-electron chi connectivity index (χ1n) is 7.89. The third-order valence-corrected chi connectivity index (χ3v) is 4.29. The fraction of sp³-hybridized carbons (Fsp3) is 0.353. The average molecular weight is 367 g/mol. The lowest BCUT2D eigenvalue weighted by atomic mass is 10.0. The van der Waals surface area contributed by atoms with E-state index in [-0.39, 0.29) is 24.2 Å². The van der Waals surface area contributed by atoms with Gasteiger partial charge in [0.2, 0.25) is 0 Å². The molecule has 0 saturated carbocycles. The van der Waals surface area contributed by atoms with E-state index in [1.54, 1.807) is 6.92 Å². The third-order valence-electron chi connectivity index (χ3n) is 4.29. The smallest absolute Gasteiger partial charge is 0.378 e. The van der Waals surface area contributed by atoms with E-state index in [0.29, 0.717) is 23.5 Å². The van der Waals surface area contributed by atoms with E-state index in [4.69, 9.17) is 0 Å². The topological polar surface area (TPSA) is 86.3 Å². The summed E-state index contributed by atoms with van der Waals surface area (Å²) in [5.41, 5.74) is -0.0624. The first-order valence-corrected chi connectivity index (χ1v) is 7.89. The van der Waals surface area contributed by atoms with Crippen molar-refractivity contribution >= 4 is 5.91 Å². The van der Waals surface area contributed by atoms with Crippen molar-refractivity contribution in [2.24, 2.45) is 0 Å². The van der Waals surface area contributed by atoms with Crippen molar-refractivity contribution in [1.29, 1.82) is 0 Å². The molecular weight excluding hydrogens is 351 g/mol. The van der Waals surface area contributed by atoms with Gasteiger partial charge in [-0.05, 0) is 31.0 Å². The summed E-state index contributed by atoms with van der Waals surface area (Å²) in [6, 6.07) is 3.80. The molecule has 1 aromatic carbocycles. The number of alkyl halides is 3. The maximum atomic E-state index is 12.6. The second kappa shape index (κ2) is 6.56. The number of benzene rings is 1. The summed E-state index contributed by atoms with van der Waals surface area (Å²) >= 11 is 0. The van der Waals surface area contributed by atoms with Crippen molar-refractivity contribution in [3.8, 4) is 0 Å². The molecule has 6 nitrogen and oxygen atoms in total. The van der Waals surface area contributed by atoms with E-state index < -0.39 is 23.8 Å². The van der Waals surface area contributed by atoms with Crippen molar-refractivity contribution in [1.82, 2.24) is 14.9 Å². The van der Waals surface area contributed by atoms with Crippen LogP contribution in [0.2, 0.25) is 0 Å². The number of aliphatic hydroxyl groups is 1. The highest BCUT2D eigenvalue weighted by Gasteiger charge is 2.32. The van der Waals surface area contributed by atoms with Gasteiger partial charge in [0.25, 0.3) is 11.5 Å². The molecule has 1 aromatic heterocycles. The second-order valence-electron chi connectivity index (χ2n) is 6.11. The minimum atomic E-state index is -4.49. The number of amides is 1. The van der Waals surface area contributed by atoms with E-state index >= 15 is 0 Å². The molecule has 1 atom stereocenters. The molecule has 26 heavy (non-hydrogen) atoms. The zero-order valence-electron chi connectivity index (χ0n) is 13.8. The summed E-state index contributed by atoms with van der Waals surface area (Å²) in [4.78, 5) is 32.6. The number of aryl methyl sites for hydroxylation is 1. The van der Waals surface area contributed by atoms with Gasteiger partial charge in [-0.3, -0.25) is 9.59 Å². The lowest BCUT2D eigenvalue weighted by Gasteiger charge is -2.29. The number of aromatic nitrogens is 2. The molecule has 3 rings (SSSR count). The number of fused-ring (bicyclic) bond motifs is 1. The predicted molar refractivity (Wildman–Crippen MR) is 85.1 cm³/mol. The first-order chi connectivity index (χ1) is 12.2. The van der Waals surface area contributed by atoms with Crippen molar-refractivity contribution in [2.45, 2.75) is 32.2 Å². The number of aliphatic hydroxyl groups excluding tert-OH is 1. The van der Waals surface area contributed by atoms with Gasteiger partial charge in [-0.1, -0.05) is 12.1 Å².